The summed E-state index contributed by atoms with van der Waals surface area (Å²) in [5, 5.41) is 3.61. The number of anilines is 2. The summed E-state index contributed by atoms with van der Waals surface area (Å²) in [5.74, 6) is 0.882. The van der Waals surface area contributed by atoms with Crippen molar-refractivity contribution < 1.29 is 9.53 Å². The van der Waals surface area contributed by atoms with E-state index < -0.39 is 0 Å². The van der Waals surface area contributed by atoms with Gasteiger partial charge in [0.1, 0.15) is 5.75 Å². The normalized spacial score (nSPS) is 16.2. The van der Waals surface area contributed by atoms with Gasteiger partial charge in [0.2, 0.25) is 5.91 Å². The summed E-state index contributed by atoms with van der Waals surface area (Å²) in [6.45, 7) is 5.32. The minimum atomic E-state index is -0.189. The SMILES string of the molecule is COc1ccccc1N1CCN([C@H](C)C(=O)Nc2ccc(Cl)cc2)CC1. The molecule has 1 fully saturated rings. The highest BCUT2D eigenvalue weighted by atomic mass is 35.5. The van der Waals surface area contributed by atoms with E-state index in [1.165, 1.54) is 0 Å². The summed E-state index contributed by atoms with van der Waals surface area (Å²) in [4.78, 5) is 17.0. The van der Waals surface area contributed by atoms with Gasteiger partial charge in [-0.25, -0.2) is 0 Å². The molecule has 3 rings (SSSR count). The molecule has 5 nitrogen and oxygen atoms in total. The number of amides is 1. The predicted octanol–water partition coefficient (Wildman–Crippen LogP) is 3.50. The van der Waals surface area contributed by atoms with Crippen molar-refractivity contribution in [2.24, 2.45) is 0 Å². The second-order valence-electron chi connectivity index (χ2n) is 6.37. The largest absolute Gasteiger partial charge is 0.495 e. The van der Waals surface area contributed by atoms with Gasteiger partial charge in [-0.3, -0.25) is 9.69 Å². The van der Waals surface area contributed by atoms with Gasteiger partial charge in [0.05, 0.1) is 18.8 Å². The fourth-order valence-corrected chi connectivity index (χ4v) is 3.31. The van der Waals surface area contributed by atoms with Crippen molar-refractivity contribution >= 4 is 28.9 Å². The molecule has 1 aliphatic rings. The molecule has 0 spiro atoms. The maximum absolute atomic E-state index is 12.5. The van der Waals surface area contributed by atoms with Gasteiger partial charge in [-0.1, -0.05) is 23.7 Å². The first-order valence-electron chi connectivity index (χ1n) is 8.77. The van der Waals surface area contributed by atoms with Crippen molar-refractivity contribution in [2.45, 2.75) is 13.0 Å². The summed E-state index contributed by atoms with van der Waals surface area (Å²) >= 11 is 5.88. The lowest BCUT2D eigenvalue weighted by Gasteiger charge is -2.38. The molecule has 1 aliphatic heterocycles. The second kappa shape index (κ2) is 8.43. The molecule has 0 unspecified atom stereocenters. The molecule has 0 aromatic heterocycles. The maximum atomic E-state index is 12.5. The molecule has 6 heteroatoms. The highest BCUT2D eigenvalue weighted by Gasteiger charge is 2.26. The first-order valence-corrected chi connectivity index (χ1v) is 9.14. The number of para-hydroxylation sites is 2. The van der Waals surface area contributed by atoms with Crippen LogP contribution in [0.1, 0.15) is 6.92 Å². The summed E-state index contributed by atoms with van der Waals surface area (Å²) in [5.41, 5.74) is 1.87. The summed E-state index contributed by atoms with van der Waals surface area (Å²) in [7, 11) is 1.69. The number of methoxy groups -OCH3 is 1. The van der Waals surface area contributed by atoms with E-state index in [2.05, 4.69) is 21.2 Å². The lowest BCUT2D eigenvalue weighted by molar-refractivity contribution is -0.120. The summed E-state index contributed by atoms with van der Waals surface area (Å²) < 4.78 is 5.46. The van der Waals surface area contributed by atoms with E-state index in [4.69, 9.17) is 16.3 Å². The Morgan fingerprint density at radius 1 is 1.08 bits per heavy atom. The zero-order valence-electron chi connectivity index (χ0n) is 15.1. The summed E-state index contributed by atoms with van der Waals surface area (Å²) in [6, 6.07) is 15.0. The molecule has 1 amide bonds. The average Bonchev–Trinajstić information content (AvgIpc) is 2.69. The second-order valence-corrected chi connectivity index (χ2v) is 6.80. The third kappa shape index (κ3) is 4.29. The van der Waals surface area contributed by atoms with Crippen LogP contribution in [0.3, 0.4) is 0 Å². The third-order valence-electron chi connectivity index (χ3n) is 4.78. The van der Waals surface area contributed by atoms with E-state index >= 15 is 0 Å². The molecule has 0 saturated carbocycles. The van der Waals surface area contributed by atoms with E-state index in [0.29, 0.717) is 5.02 Å². The molecular weight excluding hydrogens is 350 g/mol. The predicted molar refractivity (Wildman–Crippen MR) is 106 cm³/mol. The maximum Gasteiger partial charge on any atom is 0.241 e. The Hall–Kier alpha value is -2.24. The van der Waals surface area contributed by atoms with E-state index in [-0.39, 0.29) is 11.9 Å². The zero-order valence-corrected chi connectivity index (χ0v) is 15.9. The van der Waals surface area contributed by atoms with Crippen LogP contribution in [0.15, 0.2) is 48.5 Å². The minimum absolute atomic E-state index is 0.00179. The summed E-state index contributed by atoms with van der Waals surface area (Å²) in [6.07, 6.45) is 0. The first-order chi connectivity index (χ1) is 12.6. The number of carbonyl (C=O) groups excluding carboxylic acids is 1. The molecule has 1 N–H and O–H groups in total. The third-order valence-corrected chi connectivity index (χ3v) is 5.03. The highest BCUT2D eigenvalue weighted by molar-refractivity contribution is 6.30. The van der Waals surface area contributed by atoms with Crippen molar-refractivity contribution in [1.29, 1.82) is 0 Å². The van der Waals surface area contributed by atoms with Gasteiger partial charge in [-0.05, 0) is 43.3 Å². The molecule has 26 heavy (non-hydrogen) atoms. The Balaban J connectivity index is 1.57. The number of hydrogen-bond acceptors (Lipinski definition) is 4. The minimum Gasteiger partial charge on any atom is -0.495 e. The zero-order chi connectivity index (χ0) is 18.5. The van der Waals surface area contributed by atoms with Gasteiger partial charge in [0.25, 0.3) is 0 Å². The van der Waals surface area contributed by atoms with E-state index in [0.717, 1.165) is 43.3 Å². The van der Waals surface area contributed by atoms with Crippen LogP contribution in [0.2, 0.25) is 5.02 Å². The van der Waals surface area contributed by atoms with Gasteiger partial charge in [-0.15, -0.1) is 0 Å². The van der Waals surface area contributed by atoms with Crippen molar-refractivity contribution in [1.82, 2.24) is 4.90 Å². The number of hydrogen-bond donors (Lipinski definition) is 1. The lowest BCUT2D eigenvalue weighted by Crippen LogP contribution is -2.52. The highest BCUT2D eigenvalue weighted by Crippen LogP contribution is 2.28. The number of rotatable bonds is 5. The molecule has 1 saturated heterocycles. The van der Waals surface area contributed by atoms with Crippen molar-refractivity contribution in [3.05, 3.63) is 53.6 Å². The van der Waals surface area contributed by atoms with Crippen molar-refractivity contribution in [2.75, 3.05) is 43.5 Å². The molecule has 0 bridgehead atoms. The number of piperazine rings is 1. The van der Waals surface area contributed by atoms with Crippen LogP contribution < -0.4 is 15.0 Å². The quantitative estimate of drug-likeness (QED) is 0.871. The van der Waals surface area contributed by atoms with Crippen LogP contribution >= 0.6 is 11.6 Å². The molecule has 138 valence electrons. The monoisotopic (exact) mass is 373 g/mol. The van der Waals surface area contributed by atoms with Crippen molar-refractivity contribution in [3.8, 4) is 5.75 Å². The fourth-order valence-electron chi connectivity index (χ4n) is 3.19. The van der Waals surface area contributed by atoms with Crippen LogP contribution in [0, 0.1) is 0 Å². The Morgan fingerprint density at radius 2 is 1.73 bits per heavy atom. The molecule has 1 heterocycles. The van der Waals surface area contributed by atoms with Crippen LogP contribution in [-0.4, -0.2) is 50.1 Å². The van der Waals surface area contributed by atoms with Crippen molar-refractivity contribution in [3.63, 3.8) is 0 Å². The van der Waals surface area contributed by atoms with Gasteiger partial charge in [-0.2, -0.15) is 0 Å². The van der Waals surface area contributed by atoms with Crippen LogP contribution in [0.4, 0.5) is 11.4 Å². The molecular formula is C20H24ClN3O2. The average molecular weight is 374 g/mol. The topological polar surface area (TPSA) is 44.8 Å². The number of benzene rings is 2. The van der Waals surface area contributed by atoms with Gasteiger partial charge in [0.15, 0.2) is 0 Å². The number of nitrogens with zero attached hydrogens (tertiary/aromatic N) is 2. The van der Waals surface area contributed by atoms with E-state index in [1.54, 1.807) is 19.2 Å². The standard InChI is InChI=1S/C20H24ClN3O2/c1-15(20(25)22-17-9-7-16(21)8-10-17)23-11-13-24(14-12-23)18-5-3-4-6-19(18)26-2/h3-10,15H,11-14H2,1-2H3,(H,22,25)/t15-/m1/s1. The Kier molecular flexibility index (Phi) is 6.01. The smallest absolute Gasteiger partial charge is 0.241 e. The van der Waals surface area contributed by atoms with Gasteiger partial charge < -0.3 is 15.0 Å². The van der Waals surface area contributed by atoms with Crippen LogP contribution in [-0.2, 0) is 4.79 Å². The van der Waals surface area contributed by atoms with Crippen LogP contribution in [0.5, 0.6) is 5.75 Å². The number of nitrogens with one attached hydrogen (secondary N) is 1. The number of carbonyl (C=O) groups is 1. The Labute approximate surface area is 159 Å². The number of ether oxygens (including phenoxy) is 1. The Morgan fingerprint density at radius 3 is 2.38 bits per heavy atom. The van der Waals surface area contributed by atoms with E-state index in [1.807, 2.05) is 37.3 Å². The molecule has 2 aromatic rings. The lowest BCUT2D eigenvalue weighted by atomic mass is 10.2. The molecule has 0 radical (unpaired) electrons. The Bertz CT molecular complexity index is 743. The molecule has 1 atom stereocenters. The number of halogens is 1. The molecule has 0 aliphatic carbocycles. The fraction of sp³-hybridized carbons (Fsp3) is 0.350. The van der Waals surface area contributed by atoms with Gasteiger partial charge in [0, 0.05) is 36.9 Å². The molecule has 2 aromatic carbocycles. The van der Waals surface area contributed by atoms with Crippen LogP contribution in [0.25, 0.3) is 0 Å². The van der Waals surface area contributed by atoms with Gasteiger partial charge >= 0.3 is 0 Å². The van der Waals surface area contributed by atoms with E-state index in [9.17, 15) is 4.79 Å². The first kappa shape index (κ1) is 18.5.